The van der Waals surface area contributed by atoms with Gasteiger partial charge in [0.15, 0.2) is 0 Å². The molecule has 13 heavy (non-hydrogen) atoms. The molecule has 1 aromatic rings. The van der Waals surface area contributed by atoms with Gasteiger partial charge in [-0.1, -0.05) is 30.4 Å². The maximum atomic E-state index is 8.65. The molecule has 1 aliphatic carbocycles. The Morgan fingerprint density at radius 2 is 1.46 bits per heavy atom. The summed E-state index contributed by atoms with van der Waals surface area (Å²) in [4.78, 5) is 0. The van der Waals surface area contributed by atoms with Crippen LogP contribution in [0.2, 0.25) is 0 Å². The van der Waals surface area contributed by atoms with Crippen molar-refractivity contribution in [3.05, 3.63) is 48.6 Å². The molecule has 2 nitrogen and oxygen atoms in total. The number of rotatable bonds is 0. The Labute approximate surface area is 77.5 Å². The lowest BCUT2D eigenvalue weighted by molar-refractivity contribution is 0.450. The van der Waals surface area contributed by atoms with Gasteiger partial charge in [-0.15, -0.1) is 0 Å². The molecule has 1 aliphatic rings. The van der Waals surface area contributed by atoms with Crippen LogP contribution in [0.4, 0.5) is 0 Å². The van der Waals surface area contributed by atoms with E-state index in [1.54, 1.807) is 6.07 Å². The lowest BCUT2D eigenvalue weighted by Gasteiger charge is -1.89. The van der Waals surface area contributed by atoms with E-state index in [0.29, 0.717) is 0 Å². The first-order chi connectivity index (χ1) is 6.29. The number of benzene rings is 1. The monoisotopic (exact) mass is 176 g/mol. The number of hydrogen-bond acceptors (Lipinski definition) is 2. The molecule has 0 fully saturated rings. The van der Waals surface area contributed by atoms with E-state index in [0.717, 1.165) is 6.42 Å². The summed E-state index contributed by atoms with van der Waals surface area (Å²) in [6.07, 6.45) is 9.50. The Hall–Kier alpha value is -1.70. The molecule has 1 aromatic carbocycles. The largest absolute Gasteiger partial charge is 0.508 e. The van der Waals surface area contributed by atoms with Gasteiger partial charge in [0.25, 0.3) is 0 Å². The lowest BCUT2D eigenvalue weighted by Crippen LogP contribution is -1.61. The number of hydrogen-bond donors (Lipinski definition) is 2. The summed E-state index contributed by atoms with van der Waals surface area (Å²) < 4.78 is 0. The van der Waals surface area contributed by atoms with Gasteiger partial charge in [0.05, 0.1) is 0 Å². The van der Waals surface area contributed by atoms with Crippen molar-refractivity contribution in [1.29, 1.82) is 0 Å². The maximum Gasteiger partial charge on any atom is 0.119 e. The summed E-state index contributed by atoms with van der Waals surface area (Å²) in [5, 5.41) is 17.3. The van der Waals surface area contributed by atoms with Crippen LogP contribution in [0.15, 0.2) is 48.6 Å². The molecule has 0 unspecified atom stereocenters. The van der Waals surface area contributed by atoms with E-state index in [1.165, 1.54) is 18.2 Å². The first-order valence-corrected chi connectivity index (χ1v) is 4.09. The first kappa shape index (κ1) is 9.39. The summed E-state index contributed by atoms with van der Waals surface area (Å²) in [6, 6.07) is 5.85. The summed E-state index contributed by atoms with van der Waals surface area (Å²) >= 11 is 0. The van der Waals surface area contributed by atoms with E-state index < -0.39 is 0 Å². The van der Waals surface area contributed by atoms with Crippen molar-refractivity contribution in [2.75, 3.05) is 0 Å². The van der Waals surface area contributed by atoms with Crippen LogP contribution in [-0.4, -0.2) is 10.2 Å². The van der Waals surface area contributed by atoms with Crippen molar-refractivity contribution >= 4 is 0 Å². The third-order valence-electron chi connectivity index (χ3n) is 1.49. The SMILES string of the molecule is C1=CCC=C1.Oc1cccc(O)c1. The third kappa shape index (κ3) is 4.01. The van der Waals surface area contributed by atoms with E-state index in [1.807, 2.05) is 0 Å². The molecule has 0 aliphatic heterocycles. The van der Waals surface area contributed by atoms with Gasteiger partial charge in [-0.25, -0.2) is 0 Å². The van der Waals surface area contributed by atoms with Crippen molar-refractivity contribution in [2.45, 2.75) is 6.42 Å². The molecule has 0 radical (unpaired) electrons. The molecular weight excluding hydrogens is 164 g/mol. The molecule has 0 spiro atoms. The predicted molar refractivity (Wildman–Crippen MR) is 52.7 cm³/mol. The highest BCUT2D eigenvalue weighted by molar-refractivity contribution is 5.30. The molecule has 0 saturated carbocycles. The lowest BCUT2D eigenvalue weighted by atomic mass is 10.3. The Kier molecular flexibility index (Phi) is 3.64. The zero-order chi connectivity index (χ0) is 9.52. The van der Waals surface area contributed by atoms with Gasteiger partial charge in [0.1, 0.15) is 11.5 Å². The van der Waals surface area contributed by atoms with Crippen LogP contribution in [0, 0.1) is 0 Å². The Bertz CT molecular complexity index is 286. The van der Waals surface area contributed by atoms with Crippen LogP contribution in [0.5, 0.6) is 11.5 Å². The van der Waals surface area contributed by atoms with Crippen LogP contribution in [-0.2, 0) is 0 Å². The molecule has 0 saturated heterocycles. The fourth-order valence-corrected chi connectivity index (χ4v) is 0.886. The summed E-state index contributed by atoms with van der Waals surface area (Å²) in [7, 11) is 0. The Balaban J connectivity index is 0.000000145. The molecule has 0 atom stereocenters. The highest BCUT2D eigenvalue weighted by atomic mass is 16.3. The van der Waals surface area contributed by atoms with E-state index in [-0.39, 0.29) is 11.5 Å². The van der Waals surface area contributed by atoms with Gasteiger partial charge in [0, 0.05) is 6.07 Å². The highest BCUT2D eigenvalue weighted by Gasteiger charge is 1.85. The predicted octanol–water partition coefficient (Wildman–Crippen LogP) is 2.60. The second-order valence-electron chi connectivity index (χ2n) is 2.61. The van der Waals surface area contributed by atoms with Crippen LogP contribution < -0.4 is 0 Å². The first-order valence-electron chi connectivity index (χ1n) is 4.09. The van der Waals surface area contributed by atoms with Gasteiger partial charge in [0.2, 0.25) is 0 Å². The van der Waals surface area contributed by atoms with Gasteiger partial charge in [-0.05, 0) is 18.6 Å². The van der Waals surface area contributed by atoms with Gasteiger partial charge in [-0.2, -0.15) is 0 Å². The second kappa shape index (κ2) is 5.04. The summed E-state index contributed by atoms with van der Waals surface area (Å²) in [5.41, 5.74) is 0. The fraction of sp³-hybridized carbons (Fsp3) is 0.0909. The average Bonchev–Trinajstić information content (AvgIpc) is 2.59. The molecular formula is C11H12O2. The minimum Gasteiger partial charge on any atom is -0.508 e. The molecule has 2 N–H and O–H groups in total. The standard InChI is InChI=1S/C6H6O2.C5H6/c7-5-2-1-3-6(8)4-5;1-2-4-5-3-1/h1-4,7-8H;1-4H,5H2. The normalized spacial score (nSPS) is 12.3. The minimum atomic E-state index is 0.0880. The average molecular weight is 176 g/mol. The molecule has 0 heterocycles. The van der Waals surface area contributed by atoms with E-state index in [9.17, 15) is 0 Å². The molecule has 0 amide bonds. The van der Waals surface area contributed by atoms with Gasteiger partial charge < -0.3 is 10.2 Å². The summed E-state index contributed by atoms with van der Waals surface area (Å²) in [5.74, 6) is 0.176. The quantitative estimate of drug-likeness (QED) is 0.637. The fourth-order valence-electron chi connectivity index (χ4n) is 0.886. The zero-order valence-corrected chi connectivity index (χ0v) is 7.22. The van der Waals surface area contributed by atoms with E-state index in [2.05, 4.69) is 24.3 Å². The zero-order valence-electron chi connectivity index (χ0n) is 7.22. The Morgan fingerprint density at radius 3 is 1.69 bits per heavy atom. The van der Waals surface area contributed by atoms with Crippen molar-refractivity contribution < 1.29 is 10.2 Å². The van der Waals surface area contributed by atoms with Crippen molar-refractivity contribution in [3.8, 4) is 11.5 Å². The number of allylic oxidation sites excluding steroid dienone is 4. The summed E-state index contributed by atoms with van der Waals surface area (Å²) in [6.45, 7) is 0. The number of phenols is 2. The smallest absolute Gasteiger partial charge is 0.119 e. The van der Waals surface area contributed by atoms with E-state index >= 15 is 0 Å². The molecule has 68 valence electrons. The van der Waals surface area contributed by atoms with Crippen molar-refractivity contribution in [1.82, 2.24) is 0 Å². The third-order valence-corrected chi connectivity index (χ3v) is 1.49. The van der Waals surface area contributed by atoms with Crippen LogP contribution in [0.3, 0.4) is 0 Å². The van der Waals surface area contributed by atoms with Crippen LogP contribution >= 0.6 is 0 Å². The molecule has 0 aromatic heterocycles. The van der Waals surface area contributed by atoms with E-state index in [4.69, 9.17) is 10.2 Å². The Morgan fingerprint density at radius 1 is 0.923 bits per heavy atom. The molecule has 0 bridgehead atoms. The number of phenolic OH excluding ortho intramolecular Hbond substituents is 2. The molecule has 2 rings (SSSR count). The number of aromatic hydroxyl groups is 2. The van der Waals surface area contributed by atoms with Crippen molar-refractivity contribution in [2.24, 2.45) is 0 Å². The van der Waals surface area contributed by atoms with Gasteiger partial charge >= 0.3 is 0 Å². The maximum absolute atomic E-state index is 8.65. The highest BCUT2D eigenvalue weighted by Crippen LogP contribution is 2.14. The topological polar surface area (TPSA) is 40.5 Å². The second-order valence-corrected chi connectivity index (χ2v) is 2.61. The minimum absolute atomic E-state index is 0.0880. The van der Waals surface area contributed by atoms with Crippen molar-refractivity contribution in [3.63, 3.8) is 0 Å². The molecule has 2 heteroatoms. The van der Waals surface area contributed by atoms with Crippen LogP contribution in [0.25, 0.3) is 0 Å². The van der Waals surface area contributed by atoms with Gasteiger partial charge in [-0.3, -0.25) is 0 Å². The van der Waals surface area contributed by atoms with Crippen LogP contribution in [0.1, 0.15) is 6.42 Å².